The molecule has 0 amide bonds. The van der Waals surface area contributed by atoms with Crippen LogP contribution in [-0.2, 0) is 5.75 Å². The molecule has 0 radical (unpaired) electrons. The van der Waals surface area contributed by atoms with Crippen LogP contribution >= 0.6 is 23.1 Å². The molecular formula is C13H11FO2S2. The van der Waals surface area contributed by atoms with Crippen molar-refractivity contribution in [2.45, 2.75) is 17.6 Å². The van der Waals surface area contributed by atoms with Gasteiger partial charge in [-0.3, -0.25) is 0 Å². The van der Waals surface area contributed by atoms with E-state index in [2.05, 4.69) is 0 Å². The Morgan fingerprint density at radius 2 is 2.22 bits per heavy atom. The van der Waals surface area contributed by atoms with Gasteiger partial charge in [-0.25, -0.2) is 9.18 Å². The van der Waals surface area contributed by atoms with Gasteiger partial charge in [0.25, 0.3) is 0 Å². The van der Waals surface area contributed by atoms with Gasteiger partial charge in [-0.1, -0.05) is 6.07 Å². The van der Waals surface area contributed by atoms with E-state index in [9.17, 15) is 9.18 Å². The van der Waals surface area contributed by atoms with Crippen molar-refractivity contribution in [1.29, 1.82) is 0 Å². The molecule has 5 heteroatoms. The second kappa shape index (κ2) is 5.54. The van der Waals surface area contributed by atoms with E-state index in [-0.39, 0.29) is 5.82 Å². The van der Waals surface area contributed by atoms with Crippen LogP contribution in [0.2, 0.25) is 0 Å². The SMILES string of the molecule is Cc1cc(F)ccc1CSc1csc(C(=O)O)c1. The molecule has 1 aromatic carbocycles. The third kappa shape index (κ3) is 3.11. The molecule has 1 N–H and O–H groups in total. The van der Waals surface area contributed by atoms with Crippen molar-refractivity contribution in [1.82, 2.24) is 0 Å². The van der Waals surface area contributed by atoms with Gasteiger partial charge in [0.05, 0.1) is 0 Å². The highest BCUT2D eigenvalue weighted by Crippen LogP contribution is 2.28. The normalized spacial score (nSPS) is 10.6. The number of hydrogen-bond donors (Lipinski definition) is 1. The van der Waals surface area contributed by atoms with Crippen LogP contribution in [0.4, 0.5) is 4.39 Å². The average Bonchev–Trinajstić information content (AvgIpc) is 2.76. The van der Waals surface area contributed by atoms with Gasteiger partial charge in [0.2, 0.25) is 0 Å². The fraction of sp³-hybridized carbons (Fsp3) is 0.154. The maximum Gasteiger partial charge on any atom is 0.345 e. The number of benzene rings is 1. The van der Waals surface area contributed by atoms with Gasteiger partial charge in [0, 0.05) is 16.0 Å². The van der Waals surface area contributed by atoms with E-state index in [1.54, 1.807) is 23.9 Å². The highest BCUT2D eigenvalue weighted by atomic mass is 32.2. The third-order valence-electron chi connectivity index (χ3n) is 2.49. The molecule has 2 aromatic rings. The van der Waals surface area contributed by atoms with Crippen molar-refractivity contribution >= 4 is 29.1 Å². The van der Waals surface area contributed by atoms with Crippen LogP contribution < -0.4 is 0 Å². The van der Waals surface area contributed by atoms with Crippen molar-refractivity contribution in [2.24, 2.45) is 0 Å². The molecule has 0 aliphatic rings. The molecule has 0 fully saturated rings. The van der Waals surface area contributed by atoms with Crippen LogP contribution in [0.25, 0.3) is 0 Å². The minimum Gasteiger partial charge on any atom is -0.477 e. The maximum absolute atomic E-state index is 12.9. The summed E-state index contributed by atoms with van der Waals surface area (Å²) in [6, 6.07) is 6.38. The molecular weight excluding hydrogens is 271 g/mol. The zero-order valence-electron chi connectivity index (χ0n) is 9.64. The van der Waals surface area contributed by atoms with Crippen molar-refractivity contribution in [3.8, 4) is 0 Å². The summed E-state index contributed by atoms with van der Waals surface area (Å²) in [6.07, 6.45) is 0. The molecule has 0 spiro atoms. The minimum atomic E-state index is -0.898. The number of thioether (sulfide) groups is 1. The number of hydrogen-bond acceptors (Lipinski definition) is 3. The summed E-state index contributed by atoms with van der Waals surface area (Å²) in [7, 11) is 0. The van der Waals surface area contributed by atoms with E-state index in [1.165, 1.54) is 23.5 Å². The van der Waals surface area contributed by atoms with Crippen LogP contribution in [0.1, 0.15) is 20.8 Å². The molecule has 1 aromatic heterocycles. The van der Waals surface area contributed by atoms with E-state index < -0.39 is 5.97 Å². The van der Waals surface area contributed by atoms with Gasteiger partial charge in [0.1, 0.15) is 10.7 Å². The van der Waals surface area contributed by atoms with Crippen molar-refractivity contribution in [2.75, 3.05) is 0 Å². The van der Waals surface area contributed by atoms with Gasteiger partial charge in [-0.05, 0) is 36.2 Å². The fourth-order valence-corrected chi connectivity index (χ4v) is 3.43. The number of carboxylic acids is 1. The highest BCUT2D eigenvalue weighted by molar-refractivity contribution is 7.98. The zero-order valence-corrected chi connectivity index (χ0v) is 11.3. The number of aromatic carboxylic acids is 1. The molecule has 0 saturated heterocycles. The predicted molar refractivity (Wildman–Crippen MR) is 72.0 cm³/mol. The first-order chi connectivity index (χ1) is 8.56. The summed E-state index contributed by atoms with van der Waals surface area (Å²) >= 11 is 2.78. The quantitative estimate of drug-likeness (QED) is 0.854. The Kier molecular flexibility index (Phi) is 4.04. The van der Waals surface area contributed by atoms with Crippen molar-refractivity contribution in [3.63, 3.8) is 0 Å². The first-order valence-electron chi connectivity index (χ1n) is 5.26. The van der Waals surface area contributed by atoms with E-state index >= 15 is 0 Å². The minimum absolute atomic E-state index is 0.232. The summed E-state index contributed by atoms with van der Waals surface area (Å²) in [5.41, 5.74) is 1.97. The molecule has 0 unspecified atom stereocenters. The Morgan fingerprint density at radius 3 is 2.83 bits per heavy atom. The predicted octanol–water partition coefficient (Wildman–Crippen LogP) is 4.19. The number of carboxylic acid groups (broad SMARTS) is 1. The molecule has 0 bridgehead atoms. The Labute approximate surface area is 112 Å². The molecule has 1 heterocycles. The van der Waals surface area contributed by atoms with Crippen molar-refractivity contribution < 1.29 is 14.3 Å². The van der Waals surface area contributed by atoms with Crippen molar-refractivity contribution in [3.05, 3.63) is 51.5 Å². The number of aryl methyl sites for hydroxylation is 1. The molecule has 0 aliphatic heterocycles. The van der Waals surface area contributed by atoms with Gasteiger partial charge in [0.15, 0.2) is 0 Å². The summed E-state index contributed by atoms with van der Waals surface area (Å²) in [5, 5.41) is 10.6. The zero-order chi connectivity index (χ0) is 13.1. The van der Waals surface area contributed by atoms with E-state index in [1.807, 2.05) is 12.3 Å². The lowest BCUT2D eigenvalue weighted by Gasteiger charge is -2.04. The van der Waals surface area contributed by atoms with E-state index in [0.717, 1.165) is 16.0 Å². The average molecular weight is 282 g/mol. The van der Waals surface area contributed by atoms with Gasteiger partial charge < -0.3 is 5.11 Å². The molecule has 94 valence electrons. The standard InChI is InChI=1S/C13H11FO2S2/c1-8-4-10(14)3-2-9(8)6-17-11-5-12(13(15)16)18-7-11/h2-5,7H,6H2,1H3,(H,15,16). The van der Waals surface area contributed by atoms with Gasteiger partial charge in [-0.15, -0.1) is 23.1 Å². The number of halogens is 1. The molecule has 2 rings (SSSR count). The number of carbonyl (C=O) groups is 1. The Hall–Kier alpha value is -1.33. The second-order valence-electron chi connectivity index (χ2n) is 3.81. The van der Waals surface area contributed by atoms with Crippen LogP contribution in [-0.4, -0.2) is 11.1 Å². The Bertz CT molecular complexity index is 578. The third-order valence-corrected chi connectivity index (χ3v) is 4.58. The maximum atomic E-state index is 12.9. The van der Waals surface area contributed by atoms with E-state index in [0.29, 0.717) is 10.6 Å². The van der Waals surface area contributed by atoms with Crippen LogP contribution in [0.15, 0.2) is 34.5 Å². The number of rotatable bonds is 4. The summed E-state index contributed by atoms with van der Waals surface area (Å²) in [6.45, 7) is 1.87. The lowest BCUT2D eigenvalue weighted by molar-refractivity contribution is 0.0702. The highest BCUT2D eigenvalue weighted by Gasteiger charge is 2.08. The molecule has 0 aliphatic carbocycles. The van der Waals surface area contributed by atoms with E-state index in [4.69, 9.17) is 5.11 Å². The summed E-state index contributed by atoms with van der Waals surface area (Å²) < 4.78 is 12.9. The second-order valence-corrected chi connectivity index (χ2v) is 5.77. The van der Waals surface area contributed by atoms with Crippen LogP contribution in [0.5, 0.6) is 0 Å². The monoisotopic (exact) mass is 282 g/mol. The van der Waals surface area contributed by atoms with Gasteiger partial charge in [-0.2, -0.15) is 0 Å². The summed E-state index contributed by atoms with van der Waals surface area (Å²) in [5.74, 6) is -0.420. The Balaban J connectivity index is 2.04. The lowest BCUT2D eigenvalue weighted by atomic mass is 10.1. The van der Waals surface area contributed by atoms with Crippen LogP contribution in [0, 0.1) is 12.7 Å². The number of thiophene rings is 1. The van der Waals surface area contributed by atoms with Crippen LogP contribution in [0.3, 0.4) is 0 Å². The first-order valence-corrected chi connectivity index (χ1v) is 7.12. The fourth-order valence-electron chi connectivity index (χ4n) is 1.49. The smallest absolute Gasteiger partial charge is 0.345 e. The molecule has 0 atom stereocenters. The molecule has 0 saturated carbocycles. The lowest BCUT2D eigenvalue weighted by Crippen LogP contribution is -1.90. The summed E-state index contributed by atoms with van der Waals surface area (Å²) in [4.78, 5) is 12.0. The largest absolute Gasteiger partial charge is 0.477 e. The molecule has 18 heavy (non-hydrogen) atoms. The topological polar surface area (TPSA) is 37.3 Å². The molecule has 2 nitrogen and oxygen atoms in total. The Morgan fingerprint density at radius 1 is 1.44 bits per heavy atom. The van der Waals surface area contributed by atoms with Gasteiger partial charge >= 0.3 is 5.97 Å². The first kappa shape index (κ1) is 13.1.